The predicted octanol–water partition coefficient (Wildman–Crippen LogP) is 2.34. The fourth-order valence-electron chi connectivity index (χ4n) is 2.22. The summed E-state index contributed by atoms with van der Waals surface area (Å²) in [6, 6.07) is 9.14. The summed E-state index contributed by atoms with van der Waals surface area (Å²) in [7, 11) is 1.29. The Balaban J connectivity index is 0.00000151. The Labute approximate surface area is 148 Å². The Morgan fingerprint density at radius 3 is 2.60 bits per heavy atom. The normalized spacial score (nSPS) is 10.8. The largest absolute Gasteiger partial charge is 0.467 e. The van der Waals surface area contributed by atoms with Crippen LogP contribution in [0.2, 0.25) is 0 Å². The highest BCUT2D eigenvalue weighted by atomic mass is 16.5. The number of nitrogens with zero attached hydrogens (tertiary/aromatic N) is 2. The van der Waals surface area contributed by atoms with Crippen molar-refractivity contribution in [2.75, 3.05) is 7.11 Å². The second-order valence-electron chi connectivity index (χ2n) is 4.99. The lowest BCUT2D eigenvalue weighted by atomic mass is 10.1. The number of carbonyl (C=O) groups excluding carboxylic acids is 2. The van der Waals surface area contributed by atoms with E-state index in [4.69, 9.17) is 4.74 Å². The number of hydrogen-bond acceptors (Lipinski definition) is 4. The number of amides is 1. The molecule has 0 aliphatic heterocycles. The van der Waals surface area contributed by atoms with E-state index < -0.39 is 17.9 Å². The van der Waals surface area contributed by atoms with Crippen molar-refractivity contribution in [2.24, 2.45) is 0 Å². The molecule has 1 aromatic carbocycles. The van der Waals surface area contributed by atoms with Crippen LogP contribution in [0, 0.1) is 0 Å². The van der Waals surface area contributed by atoms with Gasteiger partial charge >= 0.3 is 5.97 Å². The number of aromatic nitrogens is 2. The third-order valence-corrected chi connectivity index (χ3v) is 3.40. The highest BCUT2D eigenvalue weighted by Crippen LogP contribution is 2.09. The summed E-state index contributed by atoms with van der Waals surface area (Å²) >= 11 is 0. The maximum atomic E-state index is 11.9. The molecule has 2 aromatic rings. The highest BCUT2D eigenvalue weighted by Gasteiger charge is 2.22. The van der Waals surface area contributed by atoms with Crippen LogP contribution in [0.25, 0.3) is 0 Å². The Bertz CT molecular complexity index is 680. The van der Waals surface area contributed by atoms with Gasteiger partial charge in [0.1, 0.15) is 6.04 Å². The summed E-state index contributed by atoms with van der Waals surface area (Å²) in [5.41, 5.74) is 1.95. The zero-order valence-electron chi connectivity index (χ0n) is 14.9. The van der Waals surface area contributed by atoms with E-state index in [-0.39, 0.29) is 0 Å². The van der Waals surface area contributed by atoms with Crippen molar-refractivity contribution in [3.63, 3.8) is 0 Å². The number of ether oxygens (including phenoxy) is 1. The zero-order chi connectivity index (χ0) is 18.7. The van der Waals surface area contributed by atoms with E-state index in [0.717, 1.165) is 17.3 Å². The van der Waals surface area contributed by atoms with Crippen molar-refractivity contribution < 1.29 is 14.3 Å². The first-order valence-electron chi connectivity index (χ1n) is 8.17. The molecular weight excluding hydrogens is 318 g/mol. The van der Waals surface area contributed by atoms with Crippen LogP contribution in [-0.4, -0.2) is 34.6 Å². The predicted molar refractivity (Wildman–Crippen MR) is 97.0 cm³/mol. The molecule has 1 amide bonds. The van der Waals surface area contributed by atoms with Crippen LogP contribution in [0.3, 0.4) is 0 Å². The molecule has 0 saturated heterocycles. The first-order valence-corrected chi connectivity index (χ1v) is 8.17. The Hall–Kier alpha value is -2.89. The van der Waals surface area contributed by atoms with Gasteiger partial charge in [0.15, 0.2) is 0 Å². The SMILES string of the molecule is C=CC(=O)N[C@@H](Cc1cncn1Cc1ccccc1)C(=O)OC.CC. The Morgan fingerprint density at radius 2 is 2.00 bits per heavy atom. The van der Waals surface area contributed by atoms with Crippen molar-refractivity contribution in [1.82, 2.24) is 14.9 Å². The molecule has 1 aromatic heterocycles. The fourth-order valence-corrected chi connectivity index (χ4v) is 2.22. The Kier molecular flexibility index (Phi) is 8.71. The number of carbonyl (C=O) groups is 2. The average molecular weight is 343 g/mol. The van der Waals surface area contributed by atoms with Gasteiger partial charge in [-0.2, -0.15) is 0 Å². The number of hydrogen-bond donors (Lipinski definition) is 1. The van der Waals surface area contributed by atoms with Gasteiger partial charge < -0.3 is 14.6 Å². The topological polar surface area (TPSA) is 73.2 Å². The number of rotatable bonds is 7. The molecule has 0 spiro atoms. The number of imidazole rings is 1. The first-order chi connectivity index (χ1) is 12.1. The van der Waals surface area contributed by atoms with Crippen LogP contribution < -0.4 is 5.32 Å². The van der Waals surface area contributed by atoms with Crippen molar-refractivity contribution in [3.05, 3.63) is 66.8 Å². The molecule has 1 atom stereocenters. The van der Waals surface area contributed by atoms with Crippen LogP contribution >= 0.6 is 0 Å². The van der Waals surface area contributed by atoms with Crippen LogP contribution in [0.5, 0.6) is 0 Å². The van der Waals surface area contributed by atoms with E-state index in [1.807, 2.05) is 48.7 Å². The summed E-state index contributed by atoms with van der Waals surface area (Å²) in [5.74, 6) is -0.929. The first kappa shape index (κ1) is 20.2. The van der Waals surface area contributed by atoms with Gasteiger partial charge in [0.05, 0.1) is 13.4 Å². The van der Waals surface area contributed by atoms with Gasteiger partial charge in [-0.05, 0) is 11.6 Å². The number of methoxy groups -OCH3 is 1. The van der Waals surface area contributed by atoms with E-state index in [2.05, 4.69) is 16.9 Å². The van der Waals surface area contributed by atoms with Gasteiger partial charge in [-0.25, -0.2) is 9.78 Å². The third-order valence-electron chi connectivity index (χ3n) is 3.40. The fraction of sp³-hybridized carbons (Fsp3) is 0.316. The van der Waals surface area contributed by atoms with Crippen molar-refractivity contribution >= 4 is 11.9 Å². The summed E-state index contributed by atoms with van der Waals surface area (Å²) in [4.78, 5) is 27.5. The molecule has 134 valence electrons. The van der Waals surface area contributed by atoms with Gasteiger partial charge in [0.2, 0.25) is 5.91 Å². The van der Waals surface area contributed by atoms with Gasteiger partial charge in [0.25, 0.3) is 0 Å². The second-order valence-corrected chi connectivity index (χ2v) is 4.99. The minimum atomic E-state index is -0.781. The third kappa shape index (κ3) is 6.25. The molecule has 0 unspecified atom stereocenters. The summed E-state index contributed by atoms with van der Waals surface area (Å²) < 4.78 is 6.68. The van der Waals surface area contributed by atoms with Crippen molar-refractivity contribution in [1.29, 1.82) is 0 Å². The average Bonchev–Trinajstić information content (AvgIpc) is 3.09. The summed E-state index contributed by atoms with van der Waals surface area (Å²) in [5, 5.41) is 2.57. The highest BCUT2D eigenvalue weighted by molar-refractivity contribution is 5.91. The van der Waals surface area contributed by atoms with Crippen LogP contribution in [0.15, 0.2) is 55.5 Å². The van der Waals surface area contributed by atoms with Gasteiger partial charge in [0, 0.05) is 24.9 Å². The zero-order valence-corrected chi connectivity index (χ0v) is 14.9. The molecule has 25 heavy (non-hydrogen) atoms. The maximum absolute atomic E-state index is 11.9. The summed E-state index contributed by atoms with van der Waals surface area (Å²) in [6.45, 7) is 8.03. The molecule has 1 N–H and O–H groups in total. The van der Waals surface area contributed by atoms with Crippen LogP contribution in [-0.2, 0) is 27.3 Å². The van der Waals surface area contributed by atoms with E-state index in [0.29, 0.717) is 13.0 Å². The molecule has 6 nitrogen and oxygen atoms in total. The number of benzene rings is 1. The molecule has 0 aliphatic rings. The maximum Gasteiger partial charge on any atom is 0.328 e. The molecule has 0 aliphatic carbocycles. The number of esters is 1. The minimum Gasteiger partial charge on any atom is -0.467 e. The Morgan fingerprint density at radius 1 is 1.32 bits per heavy atom. The molecular formula is C19H25N3O3. The monoisotopic (exact) mass is 343 g/mol. The van der Waals surface area contributed by atoms with Gasteiger partial charge in [-0.1, -0.05) is 50.8 Å². The number of nitrogens with one attached hydrogen (secondary N) is 1. The lowest BCUT2D eigenvalue weighted by Crippen LogP contribution is -2.42. The quantitative estimate of drug-likeness (QED) is 0.619. The van der Waals surface area contributed by atoms with Crippen LogP contribution in [0.4, 0.5) is 0 Å². The van der Waals surface area contributed by atoms with Crippen molar-refractivity contribution in [2.45, 2.75) is 32.9 Å². The molecule has 2 rings (SSSR count). The standard InChI is InChI=1S/C17H19N3O3.C2H6/c1-3-16(21)19-15(17(22)23-2)9-14-10-18-12-20(14)11-13-7-5-4-6-8-13;1-2/h3-8,10,12,15H,1,9,11H2,2H3,(H,19,21);1-2H3/t15-;/m0./s1. The van der Waals surface area contributed by atoms with Crippen LogP contribution in [0.1, 0.15) is 25.1 Å². The smallest absolute Gasteiger partial charge is 0.328 e. The molecule has 0 bridgehead atoms. The van der Waals surface area contributed by atoms with E-state index in [1.54, 1.807) is 12.5 Å². The van der Waals surface area contributed by atoms with E-state index in [9.17, 15) is 9.59 Å². The molecule has 1 heterocycles. The minimum absolute atomic E-state index is 0.291. The lowest BCUT2D eigenvalue weighted by Gasteiger charge is -2.16. The molecule has 0 fully saturated rings. The van der Waals surface area contributed by atoms with E-state index in [1.165, 1.54) is 7.11 Å². The molecule has 6 heteroatoms. The second kappa shape index (κ2) is 10.8. The lowest BCUT2D eigenvalue weighted by molar-refractivity contribution is -0.144. The molecule has 0 saturated carbocycles. The van der Waals surface area contributed by atoms with E-state index >= 15 is 0 Å². The summed E-state index contributed by atoms with van der Waals surface area (Å²) in [6.07, 6.45) is 4.79. The molecule has 0 radical (unpaired) electrons. The van der Waals surface area contributed by atoms with Gasteiger partial charge in [-0.3, -0.25) is 4.79 Å². The van der Waals surface area contributed by atoms with Crippen molar-refractivity contribution in [3.8, 4) is 0 Å². The van der Waals surface area contributed by atoms with Gasteiger partial charge in [-0.15, -0.1) is 0 Å².